The summed E-state index contributed by atoms with van der Waals surface area (Å²) in [6.45, 7) is 3.16. The van der Waals surface area contributed by atoms with Crippen LogP contribution in [0, 0.1) is 6.92 Å². The first kappa shape index (κ1) is 14.6. The number of aromatic nitrogens is 2. The van der Waals surface area contributed by atoms with Crippen molar-refractivity contribution in [3.63, 3.8) is 0 Å². The Morgan fingerprint density at radius 2 is 2.10 bits per heavy atom. The number of nitrogens with one attached hydrogen (secondary N) is 1. The number of benzene rings is 1. The molecule has 0 fully saturated rings. The van der Waals surface area contributed by atoms with E-state index in [9.17, 15) is 9.59 Å². The Morgan fingerprint density at radius 3 is 2.71 bits per heavy atom. The molecule has 7 nitrogen and oxygen atoms in total. The fourth-order valence-electron chi connectivity index (χ4n) is 2.05. The average molecular weight is 288 g/mol. The van der Waals surface area contributed by atoms with Crippen molar-refractivity contribution in [2.75, 3.05) is 18.2 Å². The van der Waals surface area contributed by atoms with Crippen LogP contribution in [0.2, 0.25) is 0 Å². The van der Waals surface area contributed by atoms with Crippen molar-refractivity contribution in [2.24, 2.45) is 0 Å². The molecule has 0 saturated carbocycles. The average Bonchev–Trinajstić information content (AvgIpc) is 2.72. The van der Waals surface area contributed by atoms with Crippen molar-refractivity contribution in [2.45, 2.75) is 13.8 Å². The van der Waals surface area contributed by atoms with Crippen LogP contribution in [0.15, 0.2) is 24.3 Å². The van der Waals surface area contributed by atoms with Crippen molar-refractivity contribution >= 4 is 23.4 Å². The number of nitrogens with zero attached hydrogens (tertiary/aromatic N) is 2. The van der Waals surface area contributed by atoms with Crippen molar-refractivity contribution in [3.05, 3.63) is 35.8 Å². The van der Waals surface area contributed by atoms with E-state index in [0.29, 0.717) is 17.2 Å². The van der Waals surface area contributed by atoms with Crippen molar-refractivity contribution in [1.82, 2.24) is 9.55 Å². The molecule has 0 aliphatic carbocycles. The van der Waals surface area contributed by atoms with E-state index in [-0.39, 0.29) is 17.4 Å². The molecular formula is C14H16N4O3. The second-order valence-corrected chi connectivity index (χ2v) is 4.45. The Hall–Kier alpha value is -2.83. The van der Waals surface area contributed by atoms with E-state index in [1.54, 1.807) is 35.8 Å². The summed E-state index contributed by atoms with van der Waals surface area (Å²) in [5.74, 6) is -0.0164. The molecule has 2 rings (SSSR count). The van der Waals surface area contributed by atoms with Gasteiger partial charge in [-0.05, 0) is 25.1 Å². The fourth-order valence-corrected chi connectivity index (χ4v) is 2.05. The topological polar surface area (TPSA) is 99.2 Å². The molecule has 0 aliphatic heterocycles. The minimum Gasteiger partial charge on any atom is -0.464 e. The highest BCUT2D eigenvalue weighted by atomic mass is 16.5. The molecule has 0 unspecified atom stereocenters. The number of anilines is 2. The highest BCUT2D eigenvalue weighted by Gasteiger charge is 2.20. The number of rotatable bonds is 3. The molecule has 1 amide bonds. The SMILES string of the molecule is COC(=O)c1nc(C)n(-c2cccc(NC(C)=O)c2)c1N. The monoisotopic (exact) mass is 288 g/mol. The predicted molar refractivity (Wildman–Crippen MR) is 78.4 cm³/mol. The molecule has 1 aromatic heterocycles. The van der Waals surface area contributed by atoms with Crippen molar-refractivity contribution < 1.29 is 14.3 Å². The van der Waals surface area contributed by atoms with Crippen LogP contribution in [0.5, 0.6) is 0 Å². The molecule has 0 saturated heterocycles. The van der Waals surface area contributed by atoms with Crippen LogP contribution in [0.4, 0.5) is 11.5 Å². The zero-order chi connectivity index (χ0) is 15.6. The molecule has 110 valence electrons. The molecule has 0 aliphatic rings. The van der Waals surface area contributed by atoms with Gasteiger partial charge < -0.3 is 15.8 Å². The molecule has 3 N–H and O–H groups in total. The first-order chi connectivity index (χ1) is 9.93. The maximum atomic E-state index is 11.6. The molecule has 0 radical (unpaired) electrons. The van der Waals surface area contributed by atoms with Crippen molar-refractivity contribution in [3.8, 4) is 5.69 Å². The quantitative estimate of drug-likeness (QED) is 0.834. The largest absolute Gasteiger partial charge is 0.464 e. The van der Waals surface area contributed by atoms with Gasteiger partial charge in [0, 0.05) is 12.6 Å². The minimum absolute atomic E-state index is 0.0694. The highest BCUT2D eigenvalue weighted by molar-refractivity contribution is 5.93. The Kier molecular flexibility index (Phi) is 3.93. The van der Waals surface area contributed by atoms with E-state index in [1.165, 1.54) is 14.0 Å². The number of methoxy groups -OCH3 is 1. The zero-order valence-electron chi connectivity index (χ0n) is 12.0. The van der Waals surface area contributed by atoms with Crippen LogP contribution in [-0.2, 0) is 9.53 Å². The van der Waals surface area contributed by atoms with Gasteiger partial charge in [0.25, 0.3) is 0 Å². The van der Waals surface area contributed by atoms with Crippen LogP contribution in [0.3, 0.4) is 0 Å². The molecule has 0 atom stereocenters. The van der Waals surface area contributed by atoms with Crippen LogP contribution in [0.25, 0.3) is 5.69 Å². The number of aryl methyl sites for hydroxylation is 1. The zero-order valence-corrected chi connectivity index (χ0v) is 12.0. The number of nitrogens with two attached hydrogens (primary N) is 1. The number of esters is 1. The summed E-state index contributed by atoms with van der Waals surface area (Å²) in [5.41, 5.74) is 7.37. The van der Waals surface area contributed by atoms with Gasteiger partial charge in [-0.2, -0.15) is 0 Å². The predicted octanol–water partition coefficient (Wildman–Crippen LogP) is 1.51. The van der Waals surface area contributed by atoms with Gasteiger partial charge in [0.2, 0.25) is 5.91 Å². The van der Waals surface area contributed by atoms with Gasteiger partial charge in [0.1, 0.15) is 11.6 Å². The van der Waals surface area contributed by atoms with E-state index in [4.69, 9.17) is 5.73 Å². The van der Waals surface area contributed by atoms with Gasteiger partial charge in [0.05, 0.1) is 12.8 Å². The molecule has 0 bridgehead atoms. The number of hydrogen-bond acceptors (Lipinski definition) is 5. The molecule has 1 aromatic carbocycles. The lowest BCUT2D eigenvalue weighted by Gasteiger charge is -2.10. The summed E-state index contributed by atoms with van der Waals surface area (Å²) in [6.07, 6.45) is 0. The molecule has 2 aromatic rings. The lowest BCUT2D eigenvalue weighted by atomic mass is 10.2. The number of amides is 1. The third-order valence-corrected chi connectivity index (χ3v) is 2.88. The summed E-state index contributed by atoms with van der Waals surface area (Å²) in [6, 6.07) is 7.08. The number of carbonyl (C=O) groups is 2. The number of ether oxygens (including phenoxy) is 1. The Labute approximate surface area is 121 Å². The molecule has 21 heavy (non-hydrogen) atoms. The lowest BCUT2D eigenvalue weighted by molar-refractivity contribution is -0.114. The molecular weight excluding hydrogens is 272 g/mol. The first-order valence-electron chi connectivity index (χ1n) is 6.25. The van der Waals surface area contributed by atoms with Gasteiger partial charge in [0.15, 0.2) is 5.69 Å². The van der Waals surface area contributed by atoms with Gasteiger partial charge in [-0.1, -0.05) is 6.07 Å². The Balaban J connectivity index is 2.49. The van der Waals surface area contributed by atoms with Crippen LogP contribution < -0.4 is 11.1 Å². The Morgan fingerprint density at radius 1 is 1.38 bits per heavy atom. The summed E-state index contributed by atoms with van der Waals surface area (Å²) >= 11 is 0. The number of hydrogen-bond donors (Lipinski definition) is 2. The van der Waals surface area contributed by atoms with Gasteiger partial charge >= 0.3 is 5.97 Å². The smallest absolute Gasteiger partial charge is 0.360 e. The van der Waals surface area contributed by atoms with Gasteiger partial charge in [-0.3, -0.25) is 9.36 Å². The van der Waals surface area contributed by atoms with Crippen LogP contribution >= 0.6 is 0 Å². The third kappa shape index (κ3) is 2.86. The first-order valence-corrected chi connectivity index (χ1v) is 6.25. The van der Waals surface area contributed by atoms with E-state index >= 15 is 0 Å². The van der Waals surface area contributed by atoms with Gasteiger partial charge in [-0.25, -0.2) is 9.78 Å². The molecule has 0 spiro atoms. The van der Waals surface area contributed by atoms with E-state index in [2.05, 4.69) is 15.0 Å². The van der Waals surface area contributed by atoms with Gasteiger partial charge in [-0.15, -0.1) is 0 Å². The molecule has 7 heteroatoms. The van der Waals surface area contributed by atoms with E-state index < -0.39 is 5.97 Å². The maximum absolute atomic E-state index is 11.6. The molecule has 1 heterocycles. The maximum Gasteiger partial charge on any atom is 0.360 e. The van der Waals surface area contributed by atoms with E-state index in [1.807, 2.05) is 0 Å². The minimum atomic E-state index is -0.590. The van der Waals surface area contributed by atoms with E-state index in [0.717, 1.165) is 0 Å². The summed E-state index contributed by atoms with van der Waals surface area (Å²) in [4.78, 5) is 26.8. The standard InChI is InChI=1S/C14H16N4O3/c1-8-16-12(14(20)21-3)13(15)18(8)11-6-4-5-10(7-11)17-9(2)19/h4-7H,15H2,1-3H3,(H,17,19). The lowest BCUT2D eigenvalue weighted by Crippen LogP contribution is -2.09. The summed E-state index contributed by atoms with van der Waals surface area (Å²) in [5, 5.41) is 2.69. The number of carbonyl (C=O) groups excluding carboxylic acids is 2. The Bertz CT molecular complexity index is 706. The van der Waals surface area contributed by atoms with Crippen molar-refractivity contribution in [1.29, 1.82) is 0 Å². The normalized spacial score (nSPS) is 10.2. The summed E-state index contributed by atoms with van der Waals surface area (Å²) in [7, 11) is 1.27. The summed E-state index contributed by atoms with van der Waals surface area (Å²) < 4.78 is 6.27. The van der Waals surface area contributed by atoms with Crippen LogP contribution in [0.1, 0.15) is 23.2 Å². The second-order valence-electron chi connectivity index (χ2n) is 4.45. The number of nitrogen functional groups attached to an aromatic ring is 1. The highest BCUT2D eigenvalue weighted by Crippen LogP contribution is 2.23. The fraction of sp³-hybridized carbons (Fsp3) is 0.214. The second kappa shape index (κ2) is 5.66. The number of imidazole rings is 1. The third-order valence-electron chi connectivity index (χ3n) is 2.88. The van der Waals surface area contributed by atoms with Crippen LogP contribution in [-0.4, -0.2) is 28.5 Å².